The normalized spacial score (nSPS) is 15.6. The van der Waals surface area contributed by atoms with E-state index in [-0.39, 0.29) is 0 Å². The third kappa shape index (κ3) is 7.37. The third-order valence-electron chi connectivity index (χ3n) is 4.02. The number of benzene rings is 1. The third-order valence-corrected chi connectivity index (χ3v) is 4.02. The molecule has 1 aromatic carbocycles. The zero-order valence-corrected chi connectivity index (χ0v) is 14.3. The molecular weight excluding hydrogens is 288 g/mol. The molecule has 1 fully saturated rings. The Kier molecular flexibility index (Phi) is 8.33. The second-order valence-electron chi connectivity index (χ2n) is 5.84. The first-order valence-electron chi connectivity index (χ1n) is 8.73. The van der Waals surface area contributed by atoms with Crippen molar-refractivity contribution in [1.82, 2.24) is 15.5 Å². The smallest absolute Gasteiger partial charge is 0.191 e. The van der Waals surface area contributed by atoms with E-state index in [4.69, 9.17) is 4.74 Å². The summed E-state index contributed by atoms with van der Waals surface area (Å²) in [6.07, 6.45) is 5.18. The maximum Gasteiger partial charge on any atom is 0.191 e. The van der Waals surface area contributed by atoms with Crippen LogP contribution in [0.25, 0.3) is 0 Å². The Labute approximate surface area is 140 Å². The molecule has 0 atom stereocenters. The number of nitrogens with zero attached hydrogens (tertiary/aromatic N) is 2. The van der Waals surface area contributed by atoms with Crippen LogP contribution in [0.2, 0.25) is 0 Å². The fraction of sp³-hybridized carbons (Fsp3) is 0.611. The van der Waals surface area contributed by atoms with E-state index in [1.54, 1.807) is 7.05 Å². The maximum absolute atomic E-state index is 5.65. The van der Waals surface area contributed by atoms with Crippen molar-refractivity contribution < 1.29 is 4.74 Å². The summed E-state index contributed by atoms with van der Waals surface area (Å²) in [5.41, 5.74) is 0. The fourth-order valence-corrected chi connectivity index (χ4v) is 2.75. The summed E-state index contributed by atoms with van der Waals surface area (Å²) in [6.45, 7) is 6.14. The van der Waals surface area contributed by atoms with E-state index < -0.39 is 0 Å². The molecule has 128 valence electrons. The van der Waals surface area contributed by atoms with Gasteiger partial charge in [-0.2, -0.15) is 0 Å². The van der Waals surface area contributed by atoms with Crippen LogP contribution in [0.1, 0.15) is 25.7 Å². The molecule has 0 spiro atoms. The Balaban J connectivity index is 1.48. The molecule has 0 aliphatic carbocycles. The largest absolute Gasteiger partial charge is 0.492 e. The number of hydrogen-bond donors (Lipinski definition) is 2. The molecule has 0 saturated carbocycles. The van der Waals surface area contributed by atoms with Crippen molar-refractivity contribution in [3.63, 3.8) is 0 Å². The van der Waals surface area contributed by atoms with Crippen LogP contribution in [0, 0.1) is 0 Å². The van der Waals surface area contributed by atoms with Gasteiger partial charge in [-0.05, 0) is 57.5 Å². The van der Waals surface area contributed by atoms with Crippen LogP contribution in [-0.4, -0.2) is 57.2 Å². The summed E-state index contributed by atoms with van der Waals surface area (Å²) >= 11 is 0. The lowest BCUT2D eigenvalue weighted by atomic mass is 10.3. The molecule has 0 aromatic heterocycles. The van der Waals surface area contributed by atoms with Gasteiger partial charge in [-0.25, -0.2) is 0 Å². The Morgan fingerprint density at radius 3 is 2.57 bits per heavy atom. The number of nitrogens with one attached hydrogen (secondary N) is 2. The van der Waals surface area contributed by atoms with Crippen molar-refractivity contribution in [3.05, 3.63) is 30.3 Å². The van der Waals surface area contributed by atoms with E-state index >= 15 is 0 Å². The van der Waals surface area contributed by atoms with Crippen LogP contribution >= 0.6 is 0 Å². The van der Waals surface area contributed by atoms with Gasteiger partial charge >= 0.3 is 0 Å². The lowest BCUT2D eigenvalue weighted by Gasteiger charge is -2.15. The minimum atomic E-state index is 0.625. The standard InChI is InChI=1S/C18H30N4O/c1-19-18(20-11-5-6-13-22-14-7-8-15-22)21-12-16-23-17-9-3-2-4-10-17/h2-4,9-10H,5-8,11-16H2,1H3,(H2,19,20,21). The summed E-state index contributed by atoms with van der Waals surface area (Å²) in [5.74, 6) is 1.75. The highest BCUT2D eigenvalue weighted by molar-refractivity contribution is 5.79. The fourth-order valence-electron chi connectivity index (χ4n) is 2.75. The number of para-hydroxylation sites is 1. The second-order valence-corrected chi connectivity index (χ2v) is 5.84. The van der Waals surface area contributed by atoms with Crippen LogP contribution < -0.4 is 15.4 Å². The first-order chi connectivity index (χ1) is 11.4. The molecule has 1 aliphatic heterocycles. The van der Waals surface area contributed by atoms with Gasteiger partial charge in [0.25, 0.3) is 0 Å². The number of guanidine groups is 1. The summed E-state index contributed by atoms with van der Waals surface area (Å²) in [5, 5.41) is 6.63. The van der Waals surface area contributed by atoms with Crippen LogP contribution in [0.5, 0.6) is 5.75 Å². The van der Waals surface area contributed by atoms with Crippen molar-refractivity contribution in [1.29, 1.82) is 0 Å². The Hall–Kier alpha value is -1.75. The van der Waals surface area contributed by atoms with E-state index in [0.29, 0.717) is 6.61 Å². The molecule has 23 heavy (non-hydrogen) atoms. The molecule has 1 aromatic rings. The molecule has 0 bridgehead atoms. The molecule has 0 radical (unpaired) electrons. The van der Waals surface area contributed by atoms with Gasteiger partial charge in [0.05, 0.1) is 6.54 Å². The first kappa shape index (κ1) is 17.6. The van der Waals surface area contributed by atoms with E-state index in [9.17, 15) is 0 Å². The van der Waals surface area contributed by atoms with Crippen molar-refractivity contribution in [3.8, 4) is 5.75 Å². The first-order valence-corrected chi connectivity index (χ1v) is 8.73. The minimum Gasteiger partial charge on any atom is -0.492 e. The summed E-state index contributed by atoms with van der Waals surface area (Å²) in [4.78, 5) is 6.80. The van der Waals surface area contributed by atoms with Crippen molar-refractivity contribution in [2.75, 3.05) is 46.4 Å². The van der Waals surface area contributed by atoms with Crippen molar-refractivity contribution >= 4 is 5.96 Å². The van der Waals surface area contributed by atoms with Crippen molar-refractivity contribution in [2.24, 2.45) is 4.99 Å². The van der Waals surface area contributed by atoms with Gasteiger partial charge in [0.15, 0.2) is 5.96 Å². The van der Waals surface area contributed by atoms with Crippen LogP contribution in [0.4, 0.5) is 0 Å². The van der Waals surface area contributed by atoms with E-state index in [2.05, 4.69) is 20.5 Å². The number of aliphatic imine (C=N–C) groups is 1. The molecule has 5 nitrogen and oxygen atoms in total. The number of unbranched alkanes of at least 4 members (excludes halogenated alkanes) is 1. The molecule has 2 N–H and O–H groups in total. The zero-order valence-electron chi connectivity index (χ0n) is 14.3. The van der Waals surface area contributed by atoms with Crippen LogP contribution in [-0.2, 0) is 0 Å². The lowest BCUT2D eigenvalue weighted by molar-refractivity contribution is 0.321. The molecule has 2 rings (SSSR count). The maximum atomic E-state index is 5.65. The summed E-state index contributed by atoms with van der Waals surface area (Å²) in [7, 11) is 1.80. The zero-order chi connectivity index (χ0) is 16.2. The molecule has 5 heteroatoms. The van der Waals surface area contributed by atoms with Gasteiger partial charge in [-0.15, -0.1) is 0 Å². The predicted octanol–water partition coefficient (Wildman–Crippen LogP) is 2.11. The molecule has 0 unspecified atom stereocenters. The number of rotatable bonds is 9. The van der Waals surface area contributed by atoms with Gasteiger partial charge in [0.1, 0.15) is 12.4 Å². The average molecular weight is 318 g/mol. The Morgan fingerprint density at radius 2 is 1.83 bits per heavy atom. The van der Waals surface area contributed by atoms with Gasteiger partial charge in [0.2, 0.25) is 0 Å². The number of likely N-dealkylation sites (tertiary alicyclic amines) is 1. The highest BCUT2D eigenvalue weighted by Gasteiger charge is 2.09. The molecule has 1 saturated heterocycles. The average Bonchev–Trinajstić information content (AvgIpc) is 3.11. The highest BCUT2D eigenvalue weighted by atomic mass is 16.5. The number of hydrogen-bond acceptors (Lipinski definition) is 3. The quantitative estimate of drug-likeness (QED) is 0.416. The van der Waals surface area contributed by atoms with E-state index in [1.165, 1.54) is 45.3 Å². The molecule has 0 amide bonds. The highest BCUT2D eigenvalue weighted by Crippen LogP contribution is 2.08. The molecule has 1 heterocycles. The van der Waals surface area contributed by atoms with E-state index in [1.807, 2.05) is 30.3 Å². The van der Waals surface area contributed by atoms with Crippen molar-refractivity contribution in [2.45, 2.75) is 25.7 Å². The second kappa shape index (κ2) is 10.9. The molecule has 1 aliphatic rings. The predicted molar refractivity (Wildman–Crippen MR) is 96.2 cm³/mol. The Morgan fingerprint density at radius 1 is 1.09 bits per heavy atom. The topological polar surface area (TPSA) is 48.9 Å². The SMILES string of the molecule is CN=C(NCCCCN1CCCC1)NCCOc1ccccc1. The van der Waals surface area contributed by atoms with Gasteiger partial charge in [-0.3, -0.25) is 4.99 Å². The minimum absolute atomic E-state index is 0.625. The van der Waals surface area contributed by atoms with Crippen LogP contribution in [0.3, 0.4) is 0 Å². The van der Waals surface area contributed by atoms with E-state index in [0.717, 1.165) is 24.8 Å². The lowest BCUT2D eigenvalue weighted by Crippen LogP contribution is -2.39. The number of ether oxygens (including phenoxy) is 1. The Bertz CT molecular complexity index is 444. The molecular formula is C18H30N4O. The van der Waals surface area contributed by atoms with Gasteiger partial charge < -0.3 is 20.3 Å². The summed E-state index contributed by atoms with van der Waals surface area (Å²) in [6, 6.07) is 9.87. The monoisotopic (exact) mass is 318 g/mol. The van der Waals surface area contributed by atoms with Gasteiger partial charge in [0, 0.05) is 13.6 Å². The van der Waals surface area contributed by atoms with Crippen LogP contribution in [0.15, 0.2) is 35.3 Å². The summed E-state index contributed by atoms with van der Waals surface area (Å²) < 4.78 is 5.65. The van der Waals surface area contributed by atoms with Gasteiger partial charge in [-0.1, -0.05) is 18.2 Å².